The average Bonchev–Trinajstić information content (AvgIpc) is 2.99. The van der Waals surface area contributed by atoms with E-state index in [4.69, 9.17) is 0 Å². The van der Waals surface area contributed by atoms with Crippen molar-refractivity contribution >= 4 is 20.9 Å². The van der Waals surface area contributed by atoms with Crippen LogP contribution in [0.25, 0.3) is 10.9 Å². The van der Waals surface area contributed by atoms with E-state index in [9.17, 15) is 8.42 Å². The van der Waals surface area contributed by atoms with Crippen LogP contribution < -0.4 is 4.72 Å². The molecule has 24 heavy (non-hydrogen) atoms. The zero-order chi connectivity index (χ0) is 17.0. The van der Waals surface area contributed by atoms with Gasteiger partial charge in [-0.2, -0.15) is 0 Å². The zero-order valence-electron chi connectivity index (χ0n) is 13.7. The van der Waals surface area contributed by atoms with Crippen LogP contribution in [0.15, 0.2) is 48.1 Å². The number of para-hydroxylation sites is 1. The molecule has 1 aliphatic rings. The Bertz CT molecular complexity index is 811. The summed E-state index contributed by atoms with van der Waals surface area (Å²) >= 11 is 0. The number of rotatable bonds is 6. The molecule has 1 fully saturated rings. The largest absolute Gasteiger partial charge is 0.357 e. The Hall–Kier alpha value is -1.85. The van der Waals surface area contributed by atoms with Gasteiger partial charge in [-0.15, -0.1) is 5.73 Å². The van der Waals surface area contributed by atoms with Crippen molar-refractivity contribution in [2.75, 3.05) is 19.6 Å². The summed E-state index contributed by atoms with van der Waals surface area (Å²) in [7, 11) is -3.49. The van der Waals surface area contributed by atoms with Gasteiger partial charge in [-0.1, -0.05) is 31.2 Å². The quantitative estimate of drug-likeness (QED) is 0.791. The Balaban J connectivity index is 1.87. The van der Waals surface area contributed by atoms with E-state index in [1.54, 1.807) is 0 Å². The topological polar surface area (TPSA) is 65.2 Å². The van der Waals surface area contributed by atoms with Gasteiger partial charge in [0.2, 0.25) is 10.0 Å². The predicted octanol–water partition coefficient (Wildman–Crippen LogP) is 2.91. The number of nitrogens with zero attached hydrogens (tertiary/aromatic N) is 1. The zero-order valence-corrected chi connectivity index (χ0v) is 14.5. The monoisotopic (exact) mass is 345 g/mol. The van der Waals surface area contributed by atoms with Crippen LogP contribution in [0.2, 0.25) is 0 Å². The third kappa shape index (κ3) is 3.97. The van der Waals surface area contributed by atoms with Gasteiger partial charge in [0, 0.05) is 17.8 Å². The molecule has 2 N–H and O–H groups in total. The molecule has 5 nitrogen and oxygen atoms in total. The van der Waals surface area contributed by atoms with Crippen molar-refractivity contribution < 1.29 is 8.42 Å². The first-order valence-corrected chi connectivity index (χ1v) is 9.81. The van der Waals surface area contributed by atoms with Gasteiger partial charge in [-0.25, -0.2) is 13.1 Å². The molecular formula is C18H23N3O2S. The molecule has 1 atom stereocenters. The first kappa shape index (κ1) is 17.0. The highest BCUT2D eigenvalue weighted by molar-refractivity contribution is 7.92. The van der Waals surface area contributed by atoms with Crippen molar-refractivity contribution in [1.82, 2.24) is 14.6 Å². The molecule has 128 valence electrons. The maximum Gasteiger partial charge on any atom is 0.241 e. The molecule has 6 heteroatoms. The Morgan fingerprint density at radius 3 is 2.75 bits per heavy atom. The minimum Gasteiger partial charge on any atom is -0.357 e. The molecule has 0 radical (unpaired) electrons. The number of benzene rings is 1. The standard InChI is InChI=1S/C18H23N3O2S/c1-2-12-24(22,23)19-14-18(21-10-6-3-7-11-21)17-13-15-8-4-5-9-16(15)20-17/h4-5,8-9,12-13,18-20H,1,3,6-7,10-11,14H2. The molecule has 1 aromatic carbocycles. The number of aromatic nitrogens is 1. The smallest absolute Gasteiger partial charge is 0.241 e. The molecule has 2 heterocycles. The summed E-state index contributed by atoms with van der Waals surface area (Å²) in [5.41, 5.74) is 4.44. The predicted molar refractivity (Wildman–Crippen MR) is 97.1 cm³/mol. The highest BCUT2D eigenvalue weighted by Gasteiger charge is 2.25. The van der Waals surface area contributed by atoms with Crippen molar-refractivity contribution in [3.8, 4) is 0 Å². The lowest BCUT2D eigenvalue weighted by molar-refractivity contribution is 0.162. The number of piperidine rings is 1. The lowest BCUT2D eigenvalue weighted by atomic mass is 10.1. The summed E-state index contributed by atoms with van der Waals surface area (Å²) < 4.78 is 26.5. The van der Waals surface area contributed by atoms with Crippen LogP contribution in [0.5, 0.6) is 0 Å². The van der Waals surface area contributed by atoms with Crippen molar-refractivity contribution in [3.05, 3.63) is 53.7 Å². The Labute approximate surface area is 143 Å². The Morgan fingerprint density at radius 2 is 2.04 bits per heavy atom. The summed E-state index contributed by atoms with van der Waals surface area (Å²) in [4.78, 5) is 5.80. The second kappa shape index (κ2) is 7.36. The van der Waals surface area contributed by atoms with Gasteiger partial charge < -0.3 is 4.98 Å². The lowest BCUT2D eigenvalue weighted by Crippen LogP contribution is -2.40. The van der Waals surface area contributed by atoms with Crippen molar-refractivity contribution in [2.24, 2.45) is 0 Å². The number of hydrogen-bond acceptors (Lipinski definition) is 3. The molecule has 1 aliphatic heterocycles. The number of nitrogens with one attached hydrogen (secondary N) is 2. The fourth-order valence-corrected chi connectivity index (χ4v) is 3.98. The first-order valence-electron chi connectivity index (χ1n) is 8.26. The highest BCUT2D eigenvalue weighted by Crippen LogP contribution is 2.26. The van der Waals surface area contributed by atoms with Gasteiger partial charge in [-0.3, -0.25) is 4.90 Å². The molecule has 1 unspecified atom stereocenters. The highest BCUT2D eigenvalue weighted by atomic mass is 32.2. The molecule has 0 aliphatic carbocycles. The number of aromatic amines is 1. The van der Waals surface area contributed by atoms with E-state index >= 15 is 0 Å². The van der Waals surface area contributed by atoms with Crippen molar-refractivity contribution in [2.45, 2.75) is 25.3 Å². The van der Waals surface area contributed by atoms with E-state index in [-0.39, 0.29) is 6.04 Å². The van der Waals surface area contributed by atoms with Gasteiger partial charge in [-0.05, 0) is 43.5 Å². The van der Waals surface area contributed by atoms with Crippen molar-refractivity contribution in [1.29, 1.82) is 0 Å². The average molecular weight is 345 g/mol. The van der Waals surface area contributed by atoms with E-state index in [0.29, 0.717) is 6.54 Å². The van der Waals surface area contributed by atoms with Crippen LogP contribution in [-0.2, 0) is 10.0 Å². The molecule has 2 aromatic rings. The second-order valence-electron chi connectivity index (χ2n) is 6.14. The summed E-state index contributed by atoms with van der Waals surface area (Å²) in [6.07, 6.45) is 3.53. The molecule has 1 aromatic heterocycles. The molecule has 0 saturated carbocycles. The fraction of sp³-hybridized carbons (Fsp3) is 0.389. The molecule has 1 saturated heterocycles. The normalized spacial score (nSPS) is 17.5. The summed E-state index contributed by atoms with van der Waals surface area (Å²) in [6, 6.07) is 10.2. The summed E-state index contributed by atoms with van der Waals surface area (Å²) in [5, 5.41) is 2.12. The van der Waals surface area contributed by atoms with E-state index in [1.807, 2.05) is 18.2 Å². The number of fused-ring (bicyclic) bond motifs is 1. The van der Waals surface area contributed by atoms with Gasteiger partial charge in [0.25, 0.3) is 0 Å². The van der Waals surface area contributed by atoms with Crippen LogP contribution in [0.4, 0.5) is 0 Å². The molecule has 3 rings (SSSR count). The van der Waals surface area contributed by atoms with Crippen LogP contribution in [0, 0.1) is 0 Å². The Kier molecular flexibility index (Phi) is 5.21. The van der Waals surface area contributed by atoms with Gasteiger partial charge in [0.15, 0.2) is 0 Å². The van der Waals surface area contributed by atoms with E-state index < -0.39 is 10.0 Å². The SMILES string of the molecule is C=C=CS(=O)(=O)NCC(c1cc2ccccc2[nH]1)N1CCCCC1. The maximum atomic E-state index is 11.9. The van der Waals surface area contributed by atoms with Crippen LogP contribution in [0.3, 0.4) is 0 Å². The number of sulfonamides is 1. The number of hydrogen-bond donors (Lipinski definition) is 2. The fourth-order valence-electron chi connectivity index (χ4n) is 3.29. The molecule has 0 bridgehead atoms. The second-order valence-corrected chi connectivity index (χ2v) is 7.75. The van der Waals surface area contributed by atoms with E-state index in [2.05, 4.69) is 39.0 Å². The number of H-pyrrole nitrogens is 1. The van der Waals surface area contributed by atoms with E-state index in [0.717, 1.165) is 47.9 Å². The van der Waals surface area contributed by atoms with Crippen molar-refractivity contribution in [3.63, 3.8) is 0 Å². The minimum absolute atomic E-state index is 0.00862. The molecule has 0 spiro atoms. The third-order valence-electron chi connectivity index (χ3n) is 4.46. The van der Waals surface area contributed by atoms with Gasteiger partial charge in [0.05, 0.1) is 11.4 Å². The first-order chi connectivity index (χ1) is 11.6. The maximum absolute atomic E-state index is 11.9. The summed E-state index contributed by atoms with van der Waals surface area (Å²) in [6.45, 7) is 5.63. The third-order valence-corrected chi connectivity index (χ3v) is 5.50. The molecule has 0 amide bonds. The number of likely N-dealkylation sites (tertiary alicyclic amines) is 1. The minimum atomic E-state index is -3.49. The van der Waals surface area contributed by atoms with Crippen LogP contribution in [-0.4, -0.2) is 37.9 Å². The van der Waals surface area contributed by atoms with Gasteiger partial charge >= 0.3 is 0 Å². The van der Waals surface area contributed by atoms with Crippen LogP contribution >= 0.6 is 0 Å². The Morgan fingerprint density at radius 1 is 1.29 bits per heavy atom. The summed E-state index contributed by atoms with van der Waals surface area (Å²) in [5.74, 6) is 0. The van der Waals surface area contributed by atoms with Gasteiger partial charge in [0.1, 0.15) is 0 Å². The lowest BCUT2D eigenvalue weighted by Gasteiger charge is -2.34. The van der Waals surface area contributed by atoms with Crippen LogP contribution in [0.1, 0.15) is 31.0 Å². The molecular weight excluding hydrogens is 322 g/mol. The van der Waals surface area contributed by atoms with E-state index in [1.165, 1.54) is 6.42 Å².